The highest BCUT2D eigenvalue weighted by atomic mass is 19.4. The smallest absolute Gasteiger partial charge is 0.317 e. The van der Waals surface area contributed by atoms with Gasteiger partial charge in [-0.1, -0.05) is 6.92 Å². The molecule has 0 fully saturated rings. The fourth-order valence-corrected chi connectivity index (χ4v) is 2.81. The van der Waals surface area contributed by atoms with Crippen LogP contribution in [0.15, 0.2) is 0 Å². The molecule has 1 aromatic heterocycles. The molecule has 0 bridgehead atoms. The molecule has 1 N–H and O–H groups in total. The van der Waals surface area contributed by atoms with E-state index in [2.05, 4.69) is 22.2 Å². The zero-order valence-corrected chi connectivity index (χ0v) is 12.6. The Morgan fingerprint density at radius 1 is 1.29 bits per heavy atom. The Labute approximate surface area is 123 Å². The second-order valence-electron chi connectivity index (χ2n) is 5.68. The highest BCUT2D eigenvalue weighted by Gasteiger charge is 2.28. The quantitative estimate of drug-likeness (QED) is 0.908. The zero-order valence-electron chi connectivity index (χ0n) is 12.6. The molecule has 1 aliphatic rings. The SMILES string of the molecule is CCNCC1CCc2nc(CCC(F)(F)F)nc(C)c2C1. The van der Waals surface area contributed by atoms with Gasteiger partial charge in [-0.2, -0.15) is 13.2 Å². The van der Waals surface area contributed by atoms with Gasteiger partial charge in [0.2, 0.25) is 0 Å². The number of hydrogen-bond acceptors (Lipinski definition) is 3. The van der Waals surface area contributed by atoms with Crippen molar-refractivity contribution < 1.29 is 13.2 Å². The van der Waals surface area contributed by atoms with Crippen LogP contribution in [0.3, 0.4) is 0 Å². The number of hydrogen-bond donors (Lipinski definition) is 1. The molecule has 0 saturated heterocycles. The maximum absolute atomic E-state index is 12.3. The highest BCUT2D eigenvalue weighted by Crippen LogP contribution is 2.27. The summed E-state index contributed by atoms with van der Waals surface area (Å²) in [5.74, 6) is 0.898. The zero-order chi connectivity index (χ0) is 15.5. The molecular weight excluding hydrogens is 279 g/mol. The van der Waals surface area contributed by atoms with Crippen molar-refractivity contribution in [1.29, 1.82) is 0 Å². The Kier molecular flexibility index (Phi) is 5.19. The third-order valence-corrected chi connectivity index (χ3v) is 3.94. The van der Waals surface area contributed by atoms with Gasteiger partial charge in [0, 0.05) is 17.8 Å². The highest BCUT2D eigenvalue weighted by molar-refractivity contribution is 5.28. The molecule has 1 aliphatic carbocycles. The van der Waals surface area contributed by atoms with E-state index < -0.39 is 12.6 Å². The first kappa shape index (κ1) is 16.2. The number of nitrogens with one attached hydrogen (secondary N) is 1. The van der Waals surface area contributed by atoms with Gasteiger partial charge in [0.25, 0.3) is 0 Å². The van der Waals surface area contributed by atoms with Crippen molar-refractivity contribution in [2.24, 2.45) is 5.92 Å². The predicted molar refractivity (Wildman–Crippen MR) is 75.2 cm³/mol. The van der Waals surface area contributed by atoms with E-state index in [1.165, 1.54) is 0 Å². The molecule has 2 rings (SSSR count). The minimum Gasteiger partial charge on any atom is -0.317 e. The summed E-state index contributed by atoms with van der Waals surface area (Å²) in [7, 11) is 0. The van der Waals surface area contributed by atoms with E-state index in [9.17, 15) is 13.2 Å². The predicted octanol–water partition coefficient (Wildman–Crippen LogP) is 2.99. The Morgan fingerprint density at radius 3 is 2.71 bits per heavy atom. The van der Waals surface area contributed by atoms with E-state index >= 15 is 0 Å². The van der Waals surface area contributed by atoms with Crippen LogP contribution in [0.5, 0.6) is 0 Å². The first-order chi connectivity index (χ1) is 9.89. The van der Waals surface area contributed by atoms with Gasteiger partial charge in [0.1, 0.15) is 5.82 Å². The third kappa shape index (κ3) is 4.66. The van der Waals surface area contributed by atoms with Crippen LogP contribution in [0.25, 0.3) is 0 Å². The minimum absolute atomic E-state index is 0.127. The van der Waals surface area contributed by atoms with Crippen molar-refractivity contribution in [1.82, 2.24) is 15.3 Å². The van der Waals surface area contributed by atoms with E-state index in [-0.39, 0.29) is 6.42 Å². The summed E-state index contributed by atoms with van der Waals surface area (Å²) in [5.41, 5.74) is 2.94. The number of nitrogens with zero attached hydrogens (tertiary/aromatic N) is 2. The van der Waals surface area contributed by atoms with Gasteiger partial charge in [-0.25, -0.2) is 9.97 Å². The summed E-state index contributed by atoms with van der Waals surface area (Å²) < 4.78 is 36.9. The van der Waals surface area contributed by atoms with E-state index in [1.54, 1.807) is 0 Å². The average Bonchev–Trinajstić information content (AvgIpc) is 2.42. The average molecular weight is 301 g/mol. The molecule has 0 radical (unpaired) electrons. The lowest BCUT2D eigenvalue weighted by molar-refractivity contribution is -0.134. The van der Waals surface area contributed by atoms with E-state index in [0.717, 1.165) is 49.3 Å². The van der Waals surface area contributed by atoms with Crippen LogP contribution < -0.4 is 5.32 Å². The maximum atomic E-state index is 12.3. The number of aromatic nitrogens is 2. The van der Waals surface area contributed by atoms with Gasteiger partial charge in [-0.15, -0.1) is 0 Å². The van der Waals surface area contributed by atoms with Crippen molar-refractivity contribution >= 4 is 0 Å². The van der Waals surface area contributed by atoms with Gasteiger partial charge in [0.05, 0.1) is 6.42 Å². The van der Waals surface area contributed by atoms with Crippen molar-refractivity contribution in [3.8, 4) is 0 Å². The summed E-state index contributed by atoms with van der Waals surface area (Å²) in [4.78, 5) is 8.63. The van der Waals surface area contributed by atoms with E-state index in [1.807, 2.05) is 6.92 Å². The molecule has 0 spiro atoms. The fraction of sp³-hybridized carbons (Fsp3) is 0.733. The van der Waals surface area contributed by atoms with Crippen LogP contribution in [0.4, 0.5) is 13.2 Å². The molecule has 21 heavy (non-hydrogen) atoms. The van der Waals surface area contributed by atoms with Gasteiger partial charge in [-0.05, 0) is 50.8 Å². The maximum Gasteiger partial charge on any atom is 0.389 e. The standard InChI is InChI=1S/C15H22F3N3/c1-3-19-9-11-4-5-13-12(8-11)10(2)20-14(21-13)6-7-15(16,17)18/h11,19H,3-9H2,1-2H3. The number of fused-ring (bicyclic) bond motifs is 1. The van der Waals surface area contributed by atoms with Gasteiger partial charge in [0.15, 0.2) is 0 Å². The lowest BCUT2D eigenvalue weighted by Crippen LogP contribution is -2.28. The summed E-state index contributed by atoms with van der Waals surface area (Å²) in [6, 6.07) is 0. The molecule has 1 heterocycles. The molecule has 0 amide bonds. The molecule has 0 aliphatic heterocycles. The third-order valence-electron chi connectivity index (χ3n) is 3.94. The van der Waals surface area contributed by atoms with Gasteiger partial charge < -0.3 is 5.32 Å². The van der Waals surface area contributed by atoms with Crippen LogP contribution in [0.1, 0.15) is 42.5 Å². The first-order valence-corrected chi connectivity index (χ1v) is 7.51. The lowest BCUT2D eigenvalue weighted by atomic mass is 9.85. The minimum atomic E-state index is -4.15. The molecule has 1 atom stereocenters. The Bertz CT molecular complexity index is 486. The van der Waals surface area contributed by atoms with Gasteiger partial charge in [-0.3, -0.25) is 0 Å². The van der Waals surface area contributed by atoms with Crippen molar-refractivity contribution in [2.45, 2.75) is 52.1 Å². The number of aryl methyl sites for hydroxylation is 3. The number of halogens is 3. The Hall–Kier alpha value is -1.17. The molecule has 1 aromatic rings. The fourth-order valence-electron chi connectivity index (χ4n) is 2.81. The Balaban J connectivity index is 2.07. The molecule has 3 nitrogen and oxygen atoms in total. The van der Waals surface area contributed by atoms with Crippen LogP contribution in [-0.4, -0.2) is 29.2 Å². The van der Waals surface area contributed by atoms with Crippen LogP contribution in [0.2, 0.25) is 0 Å². The summed E-state index contributed by atoms with van der Waals surface area (Å²) in [6.07, 6.45) is -2.33. The van der Waals surface area contributed by atoms with Crippen LogP contribution in [0, 0.1) is 12.8 Å². The van der Waals surface area contributed by atoms with Gasteiger partial charge >= 0.3 is 6.18 Å². The molecule has 1 unspecified atom stereocenters. The summed E-state index contributed by atoms with van der Waals surface area (Å²) >= 11 is 0. The first-order valence-electron chi connectivity index (χ1n) is 7.51. The van der Waals surface area contributed by atoms with E-state index in [4.69, 9.17) is 0 Å². The molecular formula is C15H22F3N3. The van der Waals surface area contributed by atoms with Crippen molar-refractivity contribution in [3.05, 3.63) is 22.8 Å². The molecule has 0 saturated carbocycles. The van der Waals surface area contributed by atoms with Crippen molar-refractivity contribution in [3.63, 3.8) is 0 Å². The molecule has 0 aromatic carbocycles. The van der Waals surface area contributed by atoms with E-state index in [0.29, 0.717) is 11.7 Å². The second kappa shape index (κ2) is 6.73. The topological polar surface area (TPSA) is 37.8 Å². The summed E-state index contributed by atoms with van der Waals surface area (Å²) in [5, 5.41) is 3.35. The normalized spacial score (nSPS) is 18.6. The second-order valence-corrected chi connectivity index (χ2v) is 5.68. The van der Waals surface area contributed by atoms with Crippen molar-refractivity contribution in [2.75, 3.05) is 13.1 Å². The van der Waals surface area contributed by atoms with Crippen LogP contribution >= 0.6 is 0 Å². The largest absolute Gasteiger partial charge is 0.389 e. The monoisotopic (exact) mass is 301 g/mol. The molecule has 6 heteroatoms. The molecule has 118 valence electrons. The van der Waals surface area contributed by atoms with Crippen LogP contribution in [-0.2, 0) is 19.3 Å². The number of rotatable bonds is 5. The Morgan fingerprint density at radius 2 is 2.05 bits per heavy atom. The lowest BCUT2D eigenvalue weighted by Gasteiger charge is -2.25. The summed E-state index contributed by atoms with van der Waals surface area (Å²) in [6.45, 7) is 5.89. The number of alkyl halides is 3.